The molecule has 1 aliphatic heterocycles. The Morgan fingerprint density at radius 3 is 2.74 bits per heavy atom. The van der Waals surface area contributed by atoms with E-state index in [1.54, 1.807) is 13.2 Å². The fraction of sp³-hybridized carbons (Fsp3) is 0.286. The highest BCUT2D eigenvalue weighted by Crippen LogP contribution is 2.35. The van der Waals surface area contributed by atoms with Gasteiger partial charge < -0.3 is 15.0 Å². The van der Waals surface area contributed by atoms with Gasteiger partial charge in [0.05, 0.1) is 22.9 Å². The van der Waals surface area contributed by atoms with Gasteiger partial charge in [0.25, 0.3) is 5.91 Å². The normalized spacial score (nSPS) is 14.1. The van der Waals surface area contributed by atoms with E-state index in [2.05, 4.69) is 10.2 Å². The Kier molecular flexibility index (Phi) is 5.09. The molecule has 4 nitrogen and oxygen atoms in total. The van der Waals surface area contributed by atoms with Crippen molar-refractivity contribution >= 4 is 38.7 Å². The predicted molar refractivity (Wildman–Crippen MR) is 108 cm³/mol. The molecule has 0 unspecified atom stereocenters. The molecule has 1 aromatic heterocycles. The minimum absolute atomic E-state index is 0.192. The maximum atomic E-state index is 14.4. The van der Waals surface area contributed by atoms with Crippen molar-refractivity contribution in [2.75, 3.05) is 30.4 Å². The number of hydrogen-bond donors (Lipinski definition) is 1. The summed E-state index contributed by atoms with van der Waals surface area (Å²) >= 11 is 1.30. The van der Waals surface area contributed by atoms with Crippen LogP contribution in [0, 0.1) is 5.82 Å². The fourth-order valence-electron chi connectivity index (χ4n) is 3.63. The van der Waals surface area contributed by atoms with Gasteiger partial charge in [-0.1, -0.05) is 18.2 Å². The van der Waals surface area contributed by atoms with Crippen LogP contribution in [-0.4, -0.2) is 26.1 Å². The van der Waals surface area contributed by atoms with Gasteiger partial charge in [-0.15, -0.1) is 11.3 Å². The van der Waals surface area contributed by atoms with Crippen molar-refractivity contribution in [1.29, 1.82) is 0 Å². The Bertz CT molecular complexity index is 979. The van der Waals surface area contributed by atoms with Crippen molar-refractivity contribution in [3.8, 4) is 0 Å². The van der Waals surface area contributed by atoms with Crippen molar-refractivity contribution in [3.05, 3.63) is 58.7 Å². The number of carbonyl (C=O) groups excluding carboxylic acids is 1. The van der Waals surface area contributed by atoms with Gasteiger partial charge in [0.1, 0.15) is 5.82 Å². The van der Waals surface area contributed by atoms with Crippen LogP contribution < -0.4 is 10.2 Å². The third-order valence-electron chi connectivity index (χ3n) is 4.86. The van der Waals surface area contributed by atoms with E-state index in [1.807, 2.05) is 30.3 Å². The Morgan fingerprint density at radius 2 is 1.96 bits per heavy atom. The van der Waals surface area contributed by atoms with E-state index >= 15 is 0 Å². The summed E-state index contributed by atoms with van der Waals surface area (Å²) < 4.78 is 20.4. The van der Waals surface area contributed by atoms with E-state index in [4.69, 9.17) is 4.74 Å². The highest BCUT2D eigenvalue weighted by molar-refractivity contribution is 7.21. The van der Waals surface area contributed by atoms with Crippen LogP contribution in [0.1, 0.15) is 28.1 Å². The summed E-state index contributed by atoms with van der Waals surface area (Å²) in [6.07, 6.45) is 2.33. The first kappa shape index (κ1) is 17.9. The zero-order chi connectivity index (χ0) is 18.8. The molecule has 4 rings (SSSR count). The highest BCUT2D eigenvalue weighted by atomic mass is 32.1. The quantitative estimate of drug-likeness (QED) is 0.670. The zero-order valence-corrected chi connectivity index (χ0v) is 15.9. The molecular formula is C21H21FN2O2S. The van der Waals surface area contributed by atoms with Gasteiger partial charge >= 0.3 is 0 Å². The minimum Gasteiger partial charge on any atom is -0.380 e. The molecule has 0 atom stereocenters. The first-order valence-corrected chi connectivity index (χ1v) is 9.85. The van der Waals surface area contributed by atoms with Crippen molar-refractivity contribution in [1.82, 2.24) is 0 Å². The number of fused-ring (bicyclic) bond motifs is 1. The molecule has 1 saturated heterocycles. The summed E-state index contributed by atoms with van der Waals surface area (Å²) in [5, 5.41) is 3.51. The summed E-state index contributed by atoms with van der Waals surface area (Å²) in [7, 11) is 1.55. The number of nitrogens with zero attached hydrogens (tertiary/aromatic N) is 1. The van der Waals surface area contributed by atoms with E-state index in [9.17, 15) is 9.18 Å². The Morgan fingerprint density at radius 1 is 1.19 bits per heavy atom. The number of anilines is 2. The number of thiophene rings is 1. The van der Waals surface area contributed by atoms with Crippen LogP contribution in [-0.2, 0) is 11.3 Å². The molecule has 2 heterocycles. The summed E-state index contributed by atoms with van der Waals surface area (Å²) in [5.41, 5.74) is 2.42. The third-order valence-corrected chi connectivity index (χ3v) is 6.05. The van der Waals surface area contributed by atoms with E-state index in [0.29, 0.717) is 15.8 Å². The average molecular weight is 384 g/mol. The molecule has 0 spiro atoms. The van der Waals surface area contributed by atoms with Crippen LogP contribution in [0.3, 0.4) is 0 Å². The molecule has 0 aliphatic carbocycles. The van der Waals surface area contributed by atoms with Crippen LogP contribution in [0.15, 0.2) is 42.5 Å². The zero-order valence-electron chi connectivity index (χ0n) is 15.1. The lowest BCUT2D eigenvalue weighted by Gasteiger charge is -2.21. The lowest BCUT2D eigenvalue weighted by molar-refractivity contribution is 0.102. The maximum absolute atomic E-state index is 14.4. The predicted octanol–water partition coefficient (Wildman–Crippen LogP) is 5.04. The number of para-hydroxylation sites is 2. The highest BCUT2D eigenvalue weighted by Gasteiger charge is 2.22. The number of carbonyl (C=O) groups is 1. The molecule has 1 amide bonds. The molecule has 0 radical (unpaired) electrons. The number of nitrogens with one attached hydrogen (secondary N) is 1. The van der Waals surface area contributed by atoms with Crippen LogP contribution in [0.4, 0.5) is 15.8 Å². The van der Waals surface area contributed by atoms with Crippen LogP contribution in [0.2, 0.25) is 0 Å². The van der Waals surface area contributed by atoms with Gasteiger partial charge in [-0.05, 0) is 37.1 Å². The van der Waals surface area contributed by atoms with Crippen molar-refractivity contribution in [2.45, 2.75) is 19.4 Å². The van der Waals surface area contributed by atoms with Crippen molar-refractivity contribution < 1.29 is 13.9 Å². The average Bonchev–Trinajstić information content (AvgIpc) is 3.31. The lowest BCUT2D eigenvalue weighted by atomic mass is 10.1. The number of amides is 1. The largest absolute Gasteiger partial charge is 0.380 e. The second kappa shape index (κ2) is 7.66. The number of methoxy groups -OCH3 is 1. The standard InChI is InChI=1S/C21H21FN2O2S/c1-26-13-14-19-15(22)7-6-10-18(19)27-20(14)21(25)23-16-8-2-3-9-17(16)24-11-4-5-12-24/h2-3,6-10H,4-5,11-13H2,1H3,(H,23,25). The molecule has 0 saturated carbocycles. The molecule has 2 aromatic carbocycles. The van der Waals surface area contributed by atoms with Crippen molar-refractivity contribution in [3.63, 3.8) is 0 Å². The molecule has 1 N–H and O–H groups in total. The number of halogens is 1. The second-order valence-electron chi connectivity index (χ2n) is 6.62. The van der Waals surface area contributed by atoms with Crippen LogP contribution >= 0.6 is 11.3 Å². The molecule has 0 bridgehead atoms. The molecule has 27 heavy (non-hydrogen) atoms. The summed E-state index contributed by atoms with van der Waals surface area (Å²) in [6.45, 7) is 2.18. The summed E-state index contributed by atoms with van der Waals surface area (Å²) in [6, 6.07) is 12.7. The fourth-order valence-corrected chi connectivity index (χ4v) is 4.74. The third kappa shape index (κ3) is 3.42. The molecule has 3 aromatic rings. The van der Waals surface area contributed by atoms with Gasteiger partial charge in [0.2, 0.25) is 0 Å². The van der Waals surface area contributed by atoms with Gasteiger partial charge in [-0.3, -0.25) is 4.79 Å². The SMILES string of the molecule is COCc1c(C(=O)Nc2ccccc2N2CCCC2)sc2cccc(F)c12. The van der Waals surface area contributed by atoms with Gasteiger partial charge in [-0.25, -0.2) is 4.39 Å². The summed E-state index contributed by atoms with van der Waals surface area (Å²) in [5.74, 6) is -0.554. The topological polar surface area (TPSA) is 41.6 Å². The van der Waals surface area contributed by atoms with E-state index in [1.165, 1.54) is 17.4 Å². The first-order chi connectivity index (χ1) is 13.2. The maximum Gasteiger partial charge on any atom is 0.266 e. The number of hydrogen-bond acceptors (Lipinski definition) is 4. The Hall–Kier alpha value is -2.44. The van der Waals surface area contributed by atoms with Crippen molar-refractivity contribution in [2.24, 2.45) is 0 Å². The van der Waals surface area contributed by atoms with Gasteiger partial charge in [0, 0.05) is 35.8 Å². The molecule has 1 aliphatic rings. The Labute approximate surface area is 161 Å². The number of rotatable bonds is 5. The number of benzene rings is 2. The molecule has 1 fully saturated rings. The van der Waals surface area contributed by atoms with Gasteiger partial charge in [0.15, 0.2) is 0 Å². The lowest BCUT2D eigenvalue weighted by Crippen LogP contribution is -2.21. The second-order valence-corrected chi connectivity index (χ2v) is 7.67. The summed E-state index contributed by atoms with van der Waals surface area (Å²) in [4.78, 5) is 15.8. The Balaban J connectivity index is 1.70. The van der Waals surface area contributed by atoms with Crippen LogP contribution in [0.5, 0.6) is 0 Å². The van der Waals surface area contributed by atoms with E-state index < -0.39 is 0 Å². The van der Waals surface area contributed by atoms with Crippen LogP contribution in [0.25, 0.3) is 10.1 Å². The van der Waals surface area contributed by atoms with E-state index in [-0.39, 0.29) is 18.3 Å². The molecular weight excluding hydrogens is 363 g/mol. The monoisotopic (exact) mass is 384 g/mol. The van der Waals surface area contributed by atoms with E-state index in [0.717, 1.165) is 42.0 Å². The first-order valence-electron chi connectivity index (χ1n) is 9.03. The minimum atomic E-state index is -0.327. The smallest absolute Gasteiger partial charge is 0.266 e. The molecule has 6 heteroatoms. The number of ether oxygens (including phenoxy) is 1. The van der Waals surface area contributed by atoms with Gasteiger partial charge in [-0.2, -0.15) is 0 Å². The molecule has 140 valence electrons.